The lowest BCUT2D eigenvalue weighted by molar-refractivity contribution is 0.570. The summed E-state index contributed by atoms with van der Waals surface area (Å²) in [5.74, 6) is 1.05. The summed E-state index contributed by atoms with van der Waals surface area (Å²) in [5.41, 5.74) is 4.71. The van der Waals surface area contributed by atoms with Crippen LogP contribution in [0.1, 0.15) is 30.9 Å². The van der Waals surface area contributed by atoms with Crippen molar-refractivity contribution in [2.75, 3.05) is 21.6 Å². The van der Waals surface area contributed by atoms with Crippen molar-refractivity contribution < 1.29 is 17.2 Å². The summed E-state index contributed by atoms with van der Waals surface area (Å²) in [4.78, 5) is 14.5. The molecule has 1 fully saturated rings. The van der Waals surface area contributed by atoms with Gasteiger partial charge in [0.2, 0.25) is 5.95 Å². The van der Waals surface area contributed by atoms with Gasteiger partial charge in [-0.2, -0.15) is 4.98 Å². The first-order valence-corrected chi connectivity index (χ1v) is 15.0. The molecule has 0 spiro atoms. The Kier molecular flexibility index (Phi) is 6.80. The SMILES string of the molecule is Cc1ccc(-c2ccc3nc(NCc4ccc(NS(=O)O)cc4)nc(NC4(C)CC4)c3n2)cc1S(C)(=O)=O. The van der Waals surface area contributed by atoms with Gasteiger partial charge in [-0.3, -0.25) is 9.27 Å². The molecule has 1 aliphatic rings. The van der Waals surface area contributed by atoms with E-state index < -0.39 is 21.1 Å². The maximum Gasteiger partial charge on any atom is 0.259 e. The van der Waals surface area contributed by atoms with E-state index >= 15 is 0 Å². The van der Waals surface area contributed by atoms with E-state index in [0.717, 1.165) is 18.4 Å². The molecule has 0 aliphatic heterocycles. The zero-order valence-electron chi connectivity index (χ0n) is 21.1. The van der Waals surface area contributed by atoms with Gasteiger partial charge in [-0.05, 0) is 68.1 Å². The molecular weight excluding hydrogens is 524 g/mol. The van der Waals surface area contributed by atoms with Gasteiger partial charge < -0.3 is 10.6 Å². The fraction of sp³-hybridized carbons (Fsp3) is 0.269. The summed E-state index contributed by atoms with van der Waals surface area (Å²) in [5, 5.41) is 6.76. The lowest BCUT2D eigenvalue weighted by Gasteiger charge is -2.16. The maximum absolute atomic E-state index is 12.2. The highest BCUT2D eigenvalue weighted by Crippen LogP contribution is 2.39. The second-order valence-corrected chi connectivity index (χ2v) is 12.5. The van der Waals surface area contributed by atoms with Crippen LogP contribution in [0, 0.1) is 6.92 Å². The average Bonchev–Trinajstić information content (AvgIpc) is 3.59. The molecule has 38 heavy (non-hydrogen) atoms. The summed E-state index contributed by atoms with van der Waals surface area (Å²) in [6.45, 7) is 4.36. The molecule has 1 aliphatic carbocycles. The minimum absolute atomic E-state index is 0.0564. The Labute approximate surface area is 223 Å². The number of aromatic nitrogens is 3. The molecule has 5 rings (SSSR count). The van der Waals surface area contributed by atoms with E-state index in [0.29, 0.717) is 51.9 Å². The van der Waals surface area contributed by atoms with Gasteiger partial charge in [0, 0.05) is 29.6 Å². The van der Waals surface area contributed by atoms with Crippen molar-refractivity contribution in [1.29, 1.82) is 0 Å². The van der Waals surface area contributed by atoms with Crippen LogP contribution in [0.2, 0.25) is 0 Å². The predicted octanol–water partition coefficient (Wildman–Crippen LogP) is 4.53. The molecular formula is C26H28N6O4S2. The molecule has 1 saturated carbocycles. The Morgan fingerprint density at radius 1 is 1.03 bits per heavy atom. The maximum atomic E-state index is 12.2. The minimum atomic E-state index is -3.37. The smallest absolute Gasteiger partial charge is 0.259 e. The summed E-state index contributed by atoms with van der Waals surface area (Å²) < 4.78 is 46.8. The van der Waals surface area contributed by atoms with Crippen molar-refractivity contribution in [3.63, 3.8) is 0 Å². The number of nitrogens with one attached hydrogen (secondary N) is 3. The van der Waals surface area contributed by atoms with Crippen LogP contribution < -0.4 is 15.4 Å². The van der Waals surface area contributed by atoms with Crippen LogP contribution in [0.5, 0.6) is 0 Å². The first kappa shape index (κ1) is 26.0. The summed E-state index contributed by atoms with van der Waals surface area (Å²) in [6.07, 6.45) is 3.25. The lowest BCUT2D eigenvalue weighted by atomic mass is 10.1. The largest absolute Gasteiger partial charge is 0.363 e. The van der Waals surface area contributed by atoms with Gasteiger partial charge in [-0.15, -0.1) is 0 Å². The van der Waals surface area contributed by atoms with Gasteiger partial charge in [-0.1, -0.05) is 24.3 Å². The molecule has 2 aromatic heterocycles. The third-order valence-corrected chi connectivity index (χ3v) is 8.10. The number of aryl methyl sites for hydroxylation is 1. The number of pyridine rings is 1. The van der Waals surface area contributed by atoms with Gasteiger partial charge in [0.05, 0.1) is 16.1 Å². The third kappa shape index (κ3) is 5.93. The molecule has 10 nitrogen and oxygen atoms in total. The fourth-order valence-corrected chi connectivity index (χ4v) is 5.40. The number of hydrogen-bond acceptors (Lipinski definition) is 8. The number of benzene rings is 2. The molecule has 4 aromatic rings. The normalized spacial score (nSPS) is 15.2. The van der Waals surface area contributed by atoms with Crippen LogP contribution in [0.25, 0.3) is 22.3 Å². The number of hydrogen-bond donors (Lipinski definition) is 4. The Bertz CT molecular complexity index is 1650. The first-order chi connectivity index (χ1) is 18.0. The monoisotopic (exact) mass is 552 g/mol. The molecule has 1 atom stereocenters. The number of rotatable bonds is 9. The molecule has 4 N–H and O–H groups in total. The number of fused-ring (bicyclic) bond motifs is 1. The molecule has 2 heterocycles. The molecule has 198 valence electrons. The van der Waals surface area contributed by atoms with Gasteiger partial charge >= 0.3 is 0 Å². The molecule has 0 saturated heterocycles. The fourth-order valence-electron chi connectivity index (χ4n) is 4.07. The van der Waals surface area contributed by atoms with E-state index in [4.69, 9.17) is 14.5 Å². The molecule has 1 unspecified atom stereocenters. The van der Waals surface area contributed by atoms with Gasteiger partial charge in [0.1, 0.15) is 5.52 Å². The van der Waals surface area contributed by atoms with Crippen molar-refractivity contribution in [3.8, 4) is 11.3 Å². The summed E-state index contributed by atoms with van der Waals surface area (Å²) >= 11 is -2.12. The van der Waals surface area contributed by atoms with Crippen molar-refractivity contribution in [1.82, 2.24) is 15.0 Å². The Morgan fingerprint density at radius 3 is 2.42 bits per heavy atom. The molecule has 0 radical (unpaired) electrons. The average molecular weight is 553 g/mol. The zero-order valence-corrected chi connectivity index (χ0v) is 22.8. The van der Waals surface area contributed by atoms with Gasteiger partial charge in [-0.25, -0.2) is 22.6 Å². The highest BCUT2D eigenvalue weighted by Gasteiger charge is 2.38. The van der Waals surface area contributed by atoms with E-state index in [-0.39, 0.29) is 10.4 Å². The van der Waals surface area contributed by atoms with E-state index in [1.165, 1.54) is 6.26 Å². The number of nitrogens with zero attached hydrogens (tertiary/aromatic N) is 3. The molecule has 12 heteroatoms. The number of anilines is 3. The van der Waals surface area contributed by atoms with Crippen LogP contribution in [0.4, 0.5) is 17.5 Å². The molecule has 2 aromatic carbocycles. The Balaban J connectivity index is 1.47. The van der Waals surface area contributed by atoms with Crippen molar-refractivity contribution >= 4 is 49.6 Å². The van der Waals surface area contributed by atoms with Crippen molar-refractivity contribution in [3.05, 3.63) is 65.7 Å². The van der Waals surface area contributed by atoms with Crippen LogP contribution in [-0.2, 0) is 27.6 Å². The van der Waals surface area contributed by atoms with E-state index in [2.05, 4.69) is 27.3 Å². The van der Waals surface area contributed by atoms with E-state index in [9.17, 15) is 12.6 Å². The van der Waals surface area contributed by atoms with Crippen LogP contribution >= 0.6 is 0 Å². The Morgan fingerprint density at radius 2 is 1.76 bits per heavy atom. The van der Waals surface area contributed by atoms with Crippen LogP contribution in [0.3, 0.4) is 0 Å². The van der Waals surface area contributed by atoms with Gasteiger partial charge in [0.15, 0.2) is 15.7 Å². The van der Waals surface area contributed by atoms with Crippen LogP contribution in [-0.4, -0.2) is 43.9 Å². The first-order valence-electron chi connectivity index (χ1n) is 12.0. The predicted molar refractivity (Wildman–Crippen MR) is 150 cm³/mol. The summed E-state index contributed by atoms with van der Waals surface area (Å²) in [7, 11) is -3.37. The number of sulfone groups is 1. The van der Waals surface area contributed by atoms with Crippen molar-refractivity contribution in [2.24, 2.45) is 0 Å². The summed E-state index contributed by atoms with van der Waals surface area (Å²) in [6, 6.07) is 16.1. The Hall–Kier alpha value is -3.61. The quantitative estimate of drug-likeness (QED) is 0.220. The van der Waals surface area contributed by atoms with Gasteiger partial charge in [0.25, 0.3) is 11.3 Å². The zero-order chi connectivity index (χ0) is 27.1. The minimum Gasteiger partial charge on any atom is -0.363 e. The second-order valence-electron chi connectivity index (χ2n) is 9.80. The van der Waals surface area contributed by atoms with E-state index in [1.54, 1.807) is 31.2 Å². The standard InChI is InChI=1S/C26H28N6O4S2/c1-16-4-7-18(14-22(16)38(3,35)36)20-10-11-21-23(28-20)24(31-26(2)12-13-26)30-25(29-21)27-15-17-5-8-19(9-6-17)32-37(33)34/h4-11,14,32H,12-13,15H2,1-3H3,(H,33,34)(H2,27,29,30,31). The third-order valence-electron chi connectivity index (χ3n) is 6.46. The molecule has 0 amide bonds. The highest BCUT2D eigenvalue weighted by molar-refractivity contribution is 7.90. The molecule has 0 bridgehead atoms. The lowest BCUT2D eigenvalue weighted by Crippen LogP contribution is -2.18. The van der Waals surface area contributed by atoms with Crippen LogP contribution in [0.15, 0.2) is 59.5 Å². The second kappa shape index (κ2) is 9.93. The van der Waals surface area contributed by atoms with E-state index in [1.807, 2.05) is 30.3 Å². The topological polar surface area (TPSA) is 146 Å². The van der Waals surface area contributed by atoms with Crippen molar-refractivity contribution in [2.45, 2.75) is 43.7 Å². The highest BCUT2D eigenvalue weighted by atomic mass is 32.2.